The number of nitrogens with zero attached hydrogens (tertiary/aromatic N) is 2. The molecule has 0 spiro atoms. The van der Waals surface area contributed by atoms with Crippen molar-refractivity contribution in [2.24, 2.45) is 0 Å². The summed E-state index contributed by atoms with van der Waals surface area (Å²) in [5, 5.41) is 0. The van der Waals surface area contributed by atoms with Crippen molar-refractivity contribution in [3.05, 3.63) is 29.3 Å². The third-order valence-electron chi connectivity index (χ3n) is 4.37. The van der Waals surface area contributed by atoms with E-state index >= 15 is 0 Å². The van der Waals surface area contributed by atoms with Crippen LogP contribution in [0.5, 0.6) is 0 Å². The van der Waals surface area contributed by atoms with Crippen LogP contribution in [0.1, 0.15) is 51.2 Å². The van der Waals surface area contributed by atoms with Gasteiger partial charge in [0.1, 0.15) is 0 Å². The van der Waals surface area contributed by atoms with Crippen LogP contribution in [-0.2, 0) is 0 Å². The molecule has 2 heteroatoms. The average Bonchev–Trinajstić information content (AvgIpc) is 2.53. The Hall–Kier alpha value is -1.02. The molecule has 0 N–H and O–H groups in total. The van der Waals surface area contributed by atoms with Gasteiger partial charge in [-0.15, -0.1) is 0 Å². The molecule has 1 heterocycles. The highest BCUT2D eigenvalue weighted by atomic mass is 15.3. The number of rotatable bonds is 5. The lowest BCUT2D eigenvalue weighted by atomic mass is 10.1. The van der Waals surface area contributed by atoms with Crippen molar-refractivity contribution in [3.8, 4) is 0 Å². The first-order valence-corrected chi connectivity index (χ1v) is 8.76. The maximum absolute atomic E-state index is 2.62. The summed E-state index contributed by atoms with van der Waals surface area (Å²) in [5.74, 6) is 0. The smallest absolute Gasteiger partial charge is 0.0399 e. The van der Waals surface area contributed by atoms with Gasteiger partial charge in [0.15, 0.2) is 0 Å². The minimum atomic E-state index is 1.18. The predicted molar refractivity (Wildman–Crippen MR) is 95.4 cm³/mol. The summed E-state index contributed by atoms with van der Waals surface area (Å²) in [6, 6.07) is 6.67. The van der Waals surface area contributed by atoms with E-state index in [2.05, 4.69) is 48.8 Å². The minimum absolute atomic E-state index is 1.18. The van der Waals surface area contributed by atoms with Gasteiger partial charge in [0.25, 0.3) is 0 Å². The molecule has 1 aromatic rings. The first-order chi connectivity index (χ1) is 10.2. The van der Waals surface area contributed by atoms with E-state index in [1.165, 1.54) is 68.8 Å². The van der Waals surface area contributed by atoms with Crippen LogP contribution in [-0.4, -0.2) is 37.6 Å². The Bertz CT molecular complexity index is 393. The highest BCUT2D eigenvalue weighted by molar-refractivity contribution is 5.56. The SMILES string of the molecule is CC.CCCCCN1CCN(c2cccc(C)c2C)CC1. The van der Waals surface area contributed by atoms with Gasteiger partial charge in [0.2, 0.25) is 0 Å². The summed E-state index contributed by atoms with van der Waals surface area (Å²) in [6.07, 6.45) is 4.06. The van der Waals surface area contributed by atoms with Gasteiger partial charge in [-0.1, -0.05) is 45.7 Å². The number of piperazine rings is 1. The molecule has 0 bridgehead atoms. The zero-order valence-electron chi connectivity index (χ0n) is 14.8. The summed E-state index contributed by atoms with van der Waals surface area (Å²) in [4.78, 5) is 5.18. The van der Waals surface area contributed by atoms with E-state index in [0.29, 0.717) is 0 Å². The van der Waals surface area contributed by atoms with Crippen LogP contribution in [0.15, 0.2) is 18.2 Å². The summed E-state index contributed by atoms with van der Waals surface area (Å²) in [6.45, 7) is 16.8. The normalized spacial score (nSPS) is 15.6. The molecule has 1 aliphatic heterocycles. The topological polar surface area (TPSA) is 6.48 Å². The zero-order valence-corrected chi connectivity index (χ0v) is 14.8. The lowest BCUT2D eigenvalue weighted by molar-refractivity contribution is 0.252. The summed E-state index contributed by atoms with van der Waals surface area (Å²) < 4.78 is 0. The Balaban J connectivity index is 0.00000106. The molecular weight excluding hydrogens is 256 g/mol. The molecule has 0 saturated carbocycles. The monoisotopic (exact) mass is 290 g/mol. The van der Waals surface area contributed by atoms with Gasteiger partial charge in [-0.25, -0.2) is 0 Å². The zero-order chi connectivity index (χ0) is 15.7. The van der Waals surface area contributed by atoms with E-state index < -0.39 is 0 Å². The second-order valence-corrected chi connectivity index (χ2v) is 5.75. The van der Waals surface area contributed by atoms with Crippen molar-refractivity contribution in [2.45, 2.75) is 53.9 Å². The molecule has 1 fully saturated rings. The lowest BCUT2D eigenvalue weighted by Gasteiger charge is -2.37. The Morgan fingerprint density at radius 3 is 2.24 bits per heavy atom. The largest absolute Gasteiger partial charge is 0.369 e. The van der Waals surface area contributed by atoms with Crippen molar-refractivity contribution >= 4 is 5.69 Å². The first kappa shape index (κ1) is 18.0. The molecule has 0 unspecified atom stereocenters. The van der Waals surface area contributed by atoms with Crippen molar-refractivity contribution in [2.75, 3.05) is 37.6 Å². The Labute approximate surface area is 132 Å². The van der Waals surface area contributed by atoms with Crippen LogP contribution in [0.2, 0.25) is 0 Å². The van der Waals surface area contributed by atoms with Crippen molar-refractivity contribution in [1.29, 1.82) is 0 Å². The van der Waals surface area contributed by atoms with Crippen molar-refractivity contribution < 1.29 is 0 Å². The van der Waals surface area contributed by atoms with E-state index in [9.17, 15) is 0 Å². The number of unbranched alkanes of at least 4 members (excludes halogenated alkanes) is 2. The predicted octanol–water partition coefficient (Wildman–Crippen LogP) is 4.64. The molecule has 0 atom stereocenters. The quantitative estimate of drug-likeness (QED) is 0.729. The minimum Gasteiger partial charge on any atom is -0.369 e. The fourth-order valence-electron chi connectivity index (χ4n) is 2.88. The first-order valence-electron chi connectivity index (χ1n) is 8.76. The fourth-order valence-corrected chi connectivity index (χ4v) is 2.88. The summed E-state index contributed by atoms with van der Waals surface area (Å²) in [7, 11) is 0. The van der Waals surface area contributed by atoms with Gasteiger partial charge in [-0.05, 0) is 44.0 Å². The number of aryl methyl sites for hydroxylation is 1. The summed E-state index contributed by atoms with van der Waals surface area (Å²) in [5.41, 5.74) is 4.29. The van der Waals surface area contributed by atoms with Gasteiger partial charge in [-0.3, -0.25) is 4.90 Å². The molecule has 2 rings (SSSR count). The van der Waals surface area contributed by atoms with Crippen LogP contribution in [0.25, 0.3) is 0 Å². The fraction of sp³-hybridized carbons (Fsp3) is 0.684. The molecule has 0 radical (unpaired) electrons. The second-order valence-electron chi connectivity index (χ2n) is 5.75. The summed E-state index contributed by atoms with van der Waals surface area (Å²) >= 11 is 0. The van der Waals surface area contributed by atoms with E-state index in [-0.39, 0.29) is 0 Å². The average molecular weight is 290 g/mol. The molecule has 21 heavy (non-hydrogen) atoms. The van der Waals surface area contributed by atoms with E-state index in [1.54, 1.807) is 0 Å². The maximum Gasteiger partial charge on any atom is 0.0399 e. The van der Waals surface area contributed by atoms with Gasteiger partial charge in [0.05, 0.1) is 0 Å². The molecule has 0 amide bonds. The standard InChI is InChI=1S/C17H28N2.C2H6/c1-4-5-6-10-18-11-13-19(14-12-18)17-9-7-8-15(2)16(17)3;1-2/h7-9H,4-6,10-14H2,1-3H3;1-2H3. The lowest BCUT2D eigenvalue weighted by Crippen LogP contribution is -2.46. The van der Waals surface area contributed by atoms with Crippen molar-refractivity contribution in [1.82, 2.24) is 4.90 Å². The number of hydrogen-bond donors (Lipinski definition) is 0. The molecule has 0 aliphatic carbocycles. The van der Waals surface area contributed by atoms with Gasteiger partial charge in [0, 0.05) is 31.9 Å². The van der Waals surface area contributed by atoms with E-state index in [0.717, 1.165) is 0 Å². The molecule has 0 aromatic heterocycles. The Morgan fingerprint density at radius 1 is 0.952 bits per heavy atom. The molecular formula is C19H34N2. The Kier molecular flexibility index (Phi) is 8.44. The number of anilines is 1. The molecule has 2 nitrogen and oxygen atoms in total. The van der Waals surface area contributed by atoms with Crippen LogP contribution in [0.3, 0.4) is 0 Å². The van der Waals surface area contributed by atoms with Crippen LogP contribution < -0.4 is 4.90 Å². The highest BCUT2D eigenvalue weighted by Crippen LogP contribution is 2.23. The van der Waals surface area contributed by atoms with Crippen LogP contribution >= 0.6 is 0 Å². The molecule has 1 aliphatic rings. The van der Waals surface area contributed by atoms with Gasteiger partial charge >= 0.3 is 0 Å². The number of hydrogen-bond acceptors (Lipinski definition) is 2. The third kappa shape index (κ3) is 5.35. The van der Waals surface area contributed by atoms with E-state index in [1.807, 2.05) is 13.8 Å². The third-order valence-corrected chi connectivity index (χ3v) is 4.37. The van der Waals surface area contributed by atoms with Gasteiger partial charge < -0.3 is 4.90 Å². The van der Waals surface area contributed by atoms with Crippen molar-refractivity contribution in [3.63, 3.8) is 0 Å². The Morgan fingerprint density at radius 2 is 1.62 bits per heavy atom. The van der Waals surface area contributed by atoms with E-state index in [4.69, 9.17) is 0 Å². The van der Waals surface area contributed by atoms with Gasteiger partial charge in [-0.2, -0.15) is 0 Å². The molecule has 1 saturated heterocycles. The second kappa shape index (κ2) is 9.83. The van der Waals surface area contributed by atoms with Crippen LogP contribution in [0.4, 0.5) is 5.69 Å². The number of benzene rings is 1. The molecule has 120 valence electrons. The maximum atomic E-state index is 2.62. The van der Waals surface area contributed by atoms with Crippen LogP contribution in [0, 0.1) is 13.8 Å². The highest BCUT2D eigenvalue weighted by Gasteiger charge is 2.18. The molecule has 1 aromatic carbocycles.